The molecule has 0 aliphatic carbocycles. The molecule has 1 rings (SSSR count). The van der Waals surface area contributed by atoms with Crippen molar-refractivity contribution in [2.24, 2.45) is 0 Å². The summed E-state index contributed by atoms with van der Waals surface area (Å²) in [4.78, 5) is 2.34. The maximum Gasteiger partial charge on any atom is 0.0637 e. The maximum atomic E-state index is 5.16. The lowest BCUT2D eigenvalue weighted by Crippen LogP contribution is -2.27. The number of hydrogen-bond donors (Lipinski definition) is 1. The number of nitrogens with one attached hydrogen (secondary N) is 1. The van der Waals surface area contributed by atoms with E-state index in [2.05, 4.69) is 56.1 Å². The number of methoxy groups -OCH3 is 1. The van der Waals surface area contributed by atoms with Crippen molar-refractivity contribution in [3.05, 3.63) is 29.3 Å². The number of hydrogen-bond acceptors (Lipinski definition) is 3. The molecule has 1 N–H and O–H groups in total. The first-order valence-electron chi connectivity index (χ1n) is 7.15. The zero-order valence-corrected chi connectivity index (χ0v) is 13.0. The van der Waals surface area contributed by atoms with Gasteiger partial charge in [-0.3, -0.25) is 0 Å². The van der Waals surface area contributed by atoms with Gasteiger partial charge in [-0.15, -0.1) is 0 Å². The van der Waals surface area contributed by atoms with Gasteiger partial charge < -0.3 is 15.0 Å². The summed E-state index contributed by atoms with van der Waals surface area (Å²) in [6.45, 7) is 12.4. The first kappa shape index (κ1) is 16.0. The first-order chi connectivity index (χ1) is 9.08. The quantitative estimate of drug-likeness (QED) is 0.781. The Kier molecular flexibility index (Phi) is 6.89. The van der Waals surface area contributed by atoms with Crippen molar-refractivity contribution >= 4 is 5.69 Å². The molecule has 0 aromatic heterocycles. The Balaban J connectivity index is 2.73. The van der Waals surface area contributed by atoms with Gasteiger partial charge >= 0.3 is 0 Å². The van der Waals surface area contributed by atoms with E-state index in [4.69, 9.17) is 4.74 Å². The molecule has 0 spiro atoms. The number of nitrogens with zero attached hydrogens (tertiary/aromatic N) is 1. The lowest BCUT2D eigenvalue weighted by molar-refractivity contribution is 0.205. The van der Waals surface area contributed by atoms with Gasteiger partial charge in [0.2, 0.25) is 0 Å². The molecule has 1 aromatic rings. The van der Waals surface area contributed by atoms with Crippen LogP contribution in [0.1, 0.15) is 31.9 Å². The van der Waals surface area contributed by atoms with Gasteiger partial charge in [0.05, 0.1) is 6.61 Å². The van der Waals surface area contributed by atoms with Crippen LogP contribution in [-0.4, -0.2) is 32.8 Å². The predicted octanol–water partition coefficient (Wildman–Crippen LogP) is 2.97. The Hall–Kier alpha value is -1.06. The molecule has 0 atom stereocenters. The number of benzene rings is 1. The van der Waals surface area contributed by atoms with Crippen LogP contribution in [0.5, 0.6) is 0 Å². The minimum Gasteiger partial charge on any atom is -0.383 e. The highest BCUT2D eigenvalue weighted by Gasteiger charge is 2.06. The maximum absolute atomic E-state index is 5.16. The van der Waals surface area contributed by atoms with E-state index in [1.807, 2.05) is 0 Å². The fourth-order valence-electron chi connectivity index (χ4n) is 2.06. The summed E-state index contributed by atoms with van der Waals surface area (Å²) in [5.41, 5.74) is 4.01. The normalized spacial score (nSPS) is 11.1. The lowest BCUT2D eigenvalue weighted by atomic mass is 10.1. The molecule has 0 aliphatic heterocycles. The smallest absolute Gasteiger partial charge is 0.0637 e. The molecule has 0 radical (unpaired) electrons. The fraction of sp³-hybridized carbons (Fsp3) is 0.625. The second-order valence-corrected chi connectivity index (χ2v) is 5.22. The fourth-order valence-corrected chi connectivity index (χ4v) is 2.06. The summed E-state index contributed by atoms with van der Waals surface area (Å²) in [7, 11) is 1.75. The van der Waals surface area contributed by atoms with Gasteiger partial charge in [0.1, 0.15) is 0 Å². The SMILES string of the molecule is CCN(CCOC)c1ccc(CNC(C)C)c(C)c1. The third kappa shape index (κ3) is 5.21. The molecule has 3 nitrogen and oxygen atoms in total. The molecular formula is C16H28N2O. The van der Waals surface area contributed by atoms with Gasteiger partial charge in [-0.1, -0.05) is 19.9 Å². The summed E-state index contributed by atoms with van der Waals surface area (Å²) < 4.78 is 5.16. The third-order valence-corrected chi connectivity index (χ3v) is 3.34. The van der Waals surface area contributed by atoms with Crippen molar-refractivity contribution in [3.8, 4) is 0 Å². The Bertz CT molecular complexity index is 377. The van der Waals surface area contributed by atoms with Gasteiger partial charge in [-0.05, 0) is 37.1 Å². The van der Waals surface area contributed by atoms with Crippen LogP contribution in [0.15, 0.2) is 18.2 Å². The molecule has 0 saturated carbocycles. The van der Waals surface area contributed by atoms with Crippen LogP contribution in [0, 0.1) is 6.92 Å². The van der Waals surface area contributed by atoms with Crippen molar-refractivity contribution in [3.63, 3.8) is 0 Å². The van der Waals surface area contributed by atoms with Crippen LogP contribution in [0.4, 0.5) is 5.69 Å². The molecule has 0 unspecified atom stereocenters. The average Bonchev–Trinajstić information content (AvgIpc) is 2.38. The minimum atomic E-state index is 0.521. The standard InChI is InChI=1S/C16H28N2O/c1-6-18(9-10-19-5)16-8-7-15(14(4)11-16)12-17-13(2)3/h7-8,11,13,17H,6,9-10,12H2,1-5H3. The highest BCUT2D eigenvalue weighted by atomic mass is 16.5. The number of anilines is 1. The van der Waals surface area contributed by atoms with Crippen LogP contribution in [-0.2, 0) is 11.3 Å². The van der Waals surface area contributed by atoms with E-state index in [0.717, 1.165) is 26.2 Å². The van der Waals surface area contributed by atoms with Gasteiger partial charge in [0.15, 0.2) is 0 Å². The van der Waals surface area contributed by atoms with E-state index in [0.29, 0.717) is 6.04 Å². The zero-order valence-electron chi connectivity index (χ0n) is 13.0. The molecule has 0 heterocycles. The molecular weight excluding hydrogens is 236 g/mol. The van der Waals surface area contributed by atoms with Crippen LogP contribution < -0.4 is 10.2 Å². The summed E-state index contributed by atoms with van der Waals surface area (Å²) in [6, 6.07) is 7.24. The number of likely N-dealkylation sites (N-methyl/N-ethyl adjacent to an activating group) is 1. The van der Waals surface area contributed by atoms with Crippen LogP contribution in [0.25, 0.3) is 0 Å². The van der Waals surface area contributed by atoms with Crippen molar-refractivity contribution in [2.45, 2.75) is 40.3 Å². The van der Waals surface area contributed by atoms with E-state index in [1.54, 1.807) is 7.11 Å². The number of rotatable bonds is 8. The topological polar surface area (TPSA) is 24.5 Å². The Labute approximate surface area is 118 Å². The molecule has 0 amide bonds. The van der Waals surface area contributed by atoms with E-state index in [9.17, 15) is 0 Å². The Morgan fingerprint density at radius 3 is 2.58 bits per heavy atom. The molecule has 3 heteroatoms. The van der Waals surface area contributed by atoms with Crippen molar-refractivity contribution in [1.82, 2.24) is 5.32 Å². The second-order valence-electron chi connectivity index (χ2n) is 5.22. The number of aryl methyl sites for hydroxylation is 1. The lowest BCUT2D eigenvalue weighted by Gasteiger charge is -2.24. The second kappa shape index (κ2) is 8.18. The van der Waals surface area contributed by atoms with Crippen LogP contribution in [0.2, 0.25) is 0 Å². The van der Waals surface area contributed by atoms with Crippen molar-refractivity contribution < 1.29 is 4.74 Å². The van der Waals surface area contributed by atoms with E-state index in [-0.39, 0.29) is 0 Å². The first-order valence-corrected chi connectivity index (χ1v) is 7.15. The minimum absolute atomic E-state index is 0.521. The van der Waals surface area contributed by atoms with Gasteiger partial charge in [-0.2, -0.15) is 0 Å². The highest BCUT2D eigenvalue weighted by molar-refractivity contribution is 5.50. The molecule has 108 valence electrons. The average molecular weight is 264 g/mol. The molecule has 0 saturated heterocycles. The summed E-state index contributed by atoms with van der Waals surface area (Å²) in [5, 5.41) is 3.47. The van der Waals surface area contributed by atoms with Crippen molar-refractivity contribution in [2.75, 3.05) is 31.7 Å². The van der Waals surface area contributed by atoms with Gasteiger partial charge in [0, 0.05) is 38.5 Å². The number of ether oxygens (including phenoxy) is 1. The van der Waals surface area contributed by atoms with Gasteiger partial charge in [0.25, 0.3) is 0 Å². The third-order valence-electron chi connectivity index (χ3n) is 3.34. The Morgan fingerprint density at radius 1 is 1.32 bits per heavy atom. The molecule has 0 aliphatic rings. The van der Waals surface area contributed by atoms with Crippen molar-refractivity contribution in [1.29, 1.82) is 0 Å². The largest absolute Gasteiger partial charge is 0.383 e. The highest BCUT2D eigenvalue weighted by Crippen LogP contribution is 2.19. The molecule has 0 bridgehead atoms. The van der Waals surface area contributed by atoms with Gasteiger partial charge in [-0.25, -0.2) is 0 Å². The summed E-state index contributed by atoms with van der Waals surface area (Å²) in [6.07, 6.45) is 0. The summed E-state index contributed by atoms with van der Waals surface area (Å²) >= 11 is 0. The molecule has 19 heavy (non-hydrogen) atoms. The Morgan fingerprint density at radius 2 is 2.05 bits per heavy atom. The van der Waals surface area contributed by atoms with E-state index < -0.39 is 0 Å². The molecule has 1 aromatic carbocycles. The summed E-state index contributed by atoms with van der Waals surface area (Å²) in [5.74, 6) is 0. The predicted molar refractivity (Wildman–Crippen MR) is 82.9 cm³/mol. The van der Waals surface area contributed by atoms with Crippen LogP contribution >= 0.6 is 0 Å². The monoisotopic (exact) mass is 264 g/mol. The van der Waals surface area contributed by atoms with E-state index in [1.165, 1.54) is 16.8 Å². The van der Waals surface area contributed by atoms with E-state index >= 15 is 0 Å². The zero-order chi connectivity index (χ0) is 14.3. The molecule has 0 fully saturated rings. The van der Waals surface area contributed by atoms with Crippen LogP contribution in [0.3, 0.4) is 0 Å².